The lowest BCUT2D eigenvalue weighted by molar-refractivity contribution is -0.192. The molecule has 3 heterocycles. The molecule has 11 heteroatoms. The second-order valence-corrected chi connectivity index (χ2v) is 8.43. The highest BCUT2D eigenvalue weighted by Gasteiger charge is 2.44. The highest BCUT2D eigenvalue weighted by Crippen LogP contribution is 2.46. The van der Waals surface area contributed by atoms with Crippen LogP contribution in [0.2, 0.25) is 0 Å². The lowest BCUT2D eigenvalue weighted by atomic mass is 9.76. The molecule has 4 rings (SSSR count). The van der Waals surface area contributed by atoms with Crippen LogP contribution in [0, 0.1) is 0 Å². The third-order valence-electron chi connectivity index (χ3n) is 6.15. The summed E-state index contributed by atoms with van der Waals surface area (Å²) in [5, 5.41) is 9.86. The molecule has 0 saturated carbocycles. The Morgan fingerprint density at radius 3 is 2.31 bits per heavy atom. The van der Waals surface area contributed by atoms with E-state index in [1.165, 1.54) is 0 Å². The summed E-state index contributed by atoms with van der Waals surface area (Å²) in [6, 6.07) is 11.5. The van der Waals surface area contributed by atoms with Crippen LogP contribution >= 0.6 is 0 Å². The van der Waals surface area contributed by atoms with Gasteiger partial charge < -0.3 is 20.1 Å². The number of likely N-dealkylation sites (tertiary alicyclic amines) is 1. The zero-order chi connectivity index (χ0) is 25.6. The number of nitrogens with one attached hydrogen (secondary N) is 1. The number of alkyl halides is 3. The van der Waals surface area contributed by atoms with Crippen molar-refractivity contribution in [2.75, 3.05) is 20.1 Å². The number of carbonyl (C=O) groups excluding carboxylic acids is 2. The van der Waals surface area contributed by atoms with E-state index in [4.69, 9.17) is 14.6 Å². The molecule has 188 valence electrons. The summed E-state index contributed by atoms with van der Waals surface area (Å²) in [4.78, 5) is 39.5. The van der Waals surface area contributed by atoms with Gasteiger partial charge in [0.2, 0.25) is 5.91 Å². The maximum atomic E-state index is 12.7. The van der Waals surface area contributed by atoms with Gasteiger partial charge in [0.1, 0.15) is 11.4 Å². The smallest absolute Gasteiger partial charge is 0.487 e. The number of halogens is 3. The monoisotopic (exact) mass is 493 g/mol. The summed E-state index contributed by atoms with van der Waals surface area (Å²) in [5.41, 5.74) is 1.45. The van der Waals surface area contributed by atoms with E-state index in [9.17, 15) is 22.8 Å². The number of pyridine rings is 1. The predicted molar refractivity (Wildman–Crippen MR) is 119 cm³/mol. The Kier molecular flexibility index (Phi) is 7.98. The van der Waals surface area contributed by atoms with Gasteiger partial charge in [-0.3, -0.25) is 14.6 Å². The summed E-state index contributed by atoms with van der Waals surface area (Å²) in [7, 11) is 1.67. The zero-order valence-electron chi connectivity index (χ0n) is 19.0. The van der Waals surface area contributed by atoms with Crippen molar-refractivity contribution in [2.45, 2.75) is 43.4 Å². The highest BCUT2D eigenvalue weighted by molar-refractivity contribution is 5.94. The number of aromatic nitrogens is 1. The van der Waals surface area contributed by atoms with Gasteiger partial charge in [0.25, 0.3) is 5.91 Å². The molecule has 1 spiro atoms. The van der Waals surface area contributed by atoms with Crippen LogP contribution in [0.15, 0.2) is 48.8 Å². The van der Waals surface area contributed by atoms with Crippen molar-refractivity contribution < 1.29 is 37.4 Å². The van der Waals surface area contributed by atoms with Crippen molar-refractivity contribution in [3.05, 3.63) is 59.9 Å². The van der Waals surface area contributed by atoms with E-state index in [1.54, 1.807) is 31.6 Å². The number of piperidine rings is 1. The minimum Gasteiger partial charge on any atom is -0.487 e. The summed E-state index contributed by atoms with van der Waals surface area (Å²) in [6.07, 6.45) is 0.990. The largest absolute Gasteiger partial charge is 0.490 e. The summed E-state index contributed by atoms with van der Waals surface area (Å²) < 4.78 is 38.2. The van der Waals surface area contributed by atoms with Gasteiger partial charge in [-0.25, -0.2) is 4.79 Å². The first kappa shape index (κ1) is 26.0. The molecule has 8 nitrogen and oxygen atoms in total. The molecule has 0 radical (unpaired) electrons. The van der Waals surface area contributed by atoms with Crippen molar-refractivity contribution in [1.82, 2.24) is 15.2 Å². The van der Waals surface area contributed by atoms with Gasteiger partial charge >= 0.3 is 12.1 Å². The Morgan fingerprint density at radius 1 is 1.14 bits per heavy atom. The summed E-state index contributed by atoms with van der Waals surface area (Å²) in [6.45, 7) is 1.30. The van der Waals surface area contributed by atoms with Crippen molar-refractivity contribution in [2.24, 2.45) is 0 Å². The number of rotatable bonds is 3. The second kappa shape index (κ2) is 10.7. The van der Waals surface area contributed by atoms with Gasteiger partial charge in [-0.05, 0) is 30.2 Å². The van der Waals surface area contributed by atoms with E-state index in [2.05, 4.69) is 16.4 Å². The maximum absolute atomic E-state index is 12.7. The molecular weight excluding hydrogens is 467 g/mol. The Bertz CT molecular complexity index is 1050. The first-order valence-corrected chi connectivity index (χ1v) is 11.0. The van der Waals surface area contributed by atoms with Gasteiger partial charge in [-0.1, -0.05) is 18.2 Å². The van der Waals surface area contributed by atoms with Crippen LogP contribution in [0.1, 0.15) is 47.5 Å². The van der Waals surface area contributed by atoms with Crippen LogP contribution < -0.4 is 10.1 Å². The second-order valence-electron chi connectivity index (χ2n) is 8.43. The minimum atomic E-state index is -5.08. The number of fused-ring (bicyclic) bond motifs is 1. The average molecular weight is 493 g/mol. The third-order valence-corrected chi connectivity index (χ3v) is 6.15. The van der Waals surface area contributed by atoms with E-state index in [0.717, 1.165) is 30.6 Å². The topological polar surface area (TPSA) is 109 Å². The van der Waals surface area contributed by atoms with Gasteiger partial charge in [-0.2, -0.15) is 13.2 Å². The molecule has 2 aliphatic rings. The normalized spacial score (nSPS) is 18.4. The lowest BCUT2D eigenvalue weighted by Gasteiger charge is -2.47. The molecule has 2 aromatic rings. The Balaban J connectivity index is 0.000000429. The van der Waals surface area contributed by atoms with Crippen molar-refractivity contribution >= 4 is 17.8 Å². The Morgan fingerprint density at radius 2 is 1.74 bits per heavy atom. The van der Waals surface area contributed by atoms with Crippen LogP contribution in [-0.2, 0) is 9.59 Å². The standard InChI is InChI=1S/C22H25N3O3.C2HF3O2/c1-23-20(26)14-17-15-22(28-19-5-3-2-4-18(17)19)8-12-25(13-9-22)21(27)16-6-10-24-11-7-16;3-2(4,5)1(6)7/h2-7,10-11,17H,8-9,12-15H2,1H3,(H,23,26);(H,6,7). The average Bonchev–Trinajstić information content (AvgIpc) is 2.84. The molecule has 2 N–H and O–H groups in total. The van der Waals surface area contributed by atoms with Crippen molar-refractivity contribution in [1.29, 1.82) is 0 Å². The number of carbonyl (C=O) groups is 3. The van der Waals surface area contributed by atoms with E-state index >= 15 is 0 Å². The summed E-state index contributed by atoms with van der Waals surface area (Å²) >= 11 is 0. The van der Waals surface area contributed by atoms with Gasteiger partial charge in [-0.15, -0.1) is 0 Å². The number of hydrogen-bond donors (Lipinski definition) is 2. The molecule has 1 aromatic carbocycles. The van der Waals surface area contributed by atoms with E-state index < -0.39 is 12.1 Å². The van der Waals surface area contributed by atoms with Gasteiger partial charge in [0, 0.05) is 63.3 Å². The van der Waals surface area contributed by atoms with Crippen molar-refractivity contribution in [3.8, 4) is 5.75 Å². The number of amides is 2. The number of carboxylic acid groups (broad SMARTS) is 1. The number of para-hydroxylation sites is 1. The number of benzene rings is 1. The first-order valence-electron chi connectivity index (χ1n) is 11.0. The number of nitrogens with zero attached hydrogens (tertiary/aromatic N) is 2. The molecule has 1 atom stereocenters. The van der Waals surface area contributed by atoms with E-state index in [0.29, 0.717) is 25.1 Å². The molecule has 0 aliphatic carbocycles. The van der Waals surface area contributed by atoms with Crippen molar-refractivity contribution in [3.63, 3.8) is 0 Å². The maximum Gasteiger partial charge on any atom is 0.490 e. The number of carboxylic acids is 1. The molecule has 35 heavy (non-hydrogen) atoms. The quantitative estimate of drug-likeness (QED) is 0.679. The van der Waals surface area contributed by atoms with Gasteiger partial charge in [0.05, 0.1) is 0 Å². The molecule has 1 unspecified atom stereocenters. The van der Waals surface area contributed by atoms with Crippen LogP contribution in [0.5, 0.6) is 5.75 Å². The fraction of sp³-hybridized carbons (Fsp3) is 0.417. The van der Waals surface area contributed by atoms with E-state index in [-0.39, 0.29) is 23.3 Å². The van der Waals surface area contributed by atoms with Crippen LogP contribution in [-0.4, -0.2) is 64.7 Å². The first-order chi connectivity index (χ1) is 16.5. The Hall–Kier alpha value is -3.63. The molecule has 1 fully saturated rings. The Labute approximate surface area is 200 Å². The highest BCUT2D eigenvalue weighted by atomic mass is 19.4. The third kappa shape index (κ3) is 6.49. The molecule has 0 bridgehead atoms. The minimum absolute atomic E-state index is 0.0374. The molecule has 1 aromatic heterocycles. The number of aliphatic carboxylic acids is 1. The SMILES string of the molecule is CNC(=O)CC1CC2(CCN(C(=O)c3ccncc3)CC2)Oc2ccccc21.O=C(O)C(F)(F)F. The van der Waals surface area contributed by atoms with Crippen LogP contribution in [0.4, 0.5) is 13.2 Å². The van der Waals surface area contributed by atoms with Crippen LogP contribution in [0.3, 0.4) is 0 Å². The molecule has 2 amide bonds. The molecule has 1 saturated heterocycles. The van der Waals surface area contributed by atoms with E-state index in [1.807, 2.05) is 23.1 Å². The molecular formula is C24H26F3N3O5. The predicted octanol–water partition coefficient (Wildman–Crippen LogP) is 3.39. The fourth-order valence-electron chi connectivity index (χ4n) is 4.35. The fourth-order valence-corrected chi connectivity index (χ4v) is 4.35. The van der Waals surface area contributed by atoms with Crippen LogP contribution in [0.25, 0.3) is 0 Å². The van der Waals surface area contributed by atoms with Gasteiger partial charge in [0.15, 0.2) is 0 Å². The molecule has 2 aliphatic heterocycles. The zero-order valence-corrected chi connectivity index (χ0v) is 19.0. The summed E-state index contributed by atoms with van der Waals surface area (Å²) in [5.74, 6) is -1.67. The lowest BCUT2D eigenvalue weighted by Crippen LogP contribution is -2.52. The number of ether oxygens (including phenoxy) is 1. The number of hydrogen-bond acceptors (Lipinski definition) is 5.